The van der Waals surface area contributed by atoms with Crippen LogP contribution in [-0.2, 0) is 11.3 Å². The predicted molar refractivity (Wildman–Crippen MR) is 76.9 cm³/mol. The van der Waals surface area contributed by atoms with E-state index in [1.807, 2.05) is 42.5 Å². The van der Waals surface area contributed by atoms with Crippen LogP contribution in [0.15, 0.2) is 60.7 Å². The van der Waals surface area contributed by atoms with Gasteiger partial charge in [-0.3, -0.25) is 0 Å². The number of anilines is 1. The van der Waals surface area contributed by atoms with Crippen LogP contribution in [0.1, 0.15) is 11.1 Å². The number of carbonyl (C=O) groups is 1. The maximum atomic E-state index is 10.5. The molecule has 3 nitrogen and oxygen atoms in total. The van der Waals surface area contributed by atoms with E-state index < -0.39 is 5.97 Å². The van der Waals surface area contributed by atoms with Crippen LogP contribution < -0.4 is 5.32 Å². The summed E-state index contributed by atoms with van der Waals surface area (Å²) in [4.78, 5) is 10.5. The normalized spacial score (nSPS) is 10.5. The van der Waals surface area contributed by atoms with E-state index in [9.17, 15) is 4.79 Å². The first-order chi connectivity index (χ1) is 9.24. The third kappa shape index (κ3) is 4.32. The molecule has 3 heteroatoms. The largest absolute Gasteiger partial charge is 0.478 e. The fourth-order valence-corrected chi connectivity index (χ4v) is 1.72. The van der Waals surface area contributed by atoms with Crippen molar-refractivity contribution in [2.75, 3.05) is 5.32 Å². The second kappa shape index (κ2) is 6.40. The van der Waals surface area contributed by atoms with Gasteiger partial charge in [0.15, 0.2) is 0 Å². The molecule has 2 N–H and O–H groups in total. The van der Waals surface area contributed by atoms with Crippen molar-refractivity contribution in [3.05, 3.63) is 71.8 Å². The van der Waals surface area contributed by atoms with Gasteiger partial charge in [-0.2, -0.15) is 0 Å². The van der Waals surface area contributed by atoms with Gasteiger partial charge in [-0.05, 0) is 29.3 Å². The molecule has 0 bridgehead atoms. The lowest BCUT2D eigenvalue weighted by Gasteiger charge is -2.07. The Balaban J connectivity index is 2.01. The highest BCUT2D eigenvalue weighted by atomic mass is 16.4. The van der Waals surface area contributed by atoms with Gasteiger partial charge in [0.25, 0.3) is 0 Å². The standard InChI is InChI=1S/C16H15NO2/c18-16(19)10-9-13-7-4-8-15(11-13)17-12-14-5-2-1-3-6-14/h1-11,17H,12H2,(H,18,19)/b10-9+. The molecule has 19 heavy (non-hydrogen) atoms. The zero-order valence-corrected chi connectivity index (χ0v) is 10.4. The van der Waals surface area contributed by atoms with Crippen LogP contribution >= 0.6 is 0 Å². The van der Waals surface area contributed by atoms with Gasteiger partial charge in [0, 0.05) is 18.3 Å². The highest BCUT2D eigenvalue weighted by Crippen LogP contribution is 2.13. The Bertz CT molecular complexity index is 576. The van der Waals surface area contributed by atoms with E-state index in [0.29, 0.717) is 0 Å². The summed E-state index contributed by atoms with van der Waals surface area (Å²) >= 11 is 0. The molecule has 0 saturated carbocycles. The van der Waals surface area contributed by atoms with Crippen molar-refractivity contribution >= 4 is 17.7 Å². The molecular weight excluding hydrogens is 238 g/mol. The minimum absolute atomic E-state index is 0.743. The molecule has 96 valence electrons. The van der Waals surface area contributed by atoms with Crippen molar-refractivity contribution in [3.63, 3.8) is 0 Å². The van der Waals surface area contributed by atoms with Gasteiger partial charge in [-0.25, -0.2) is 4.79 Å². The van der Waals surface area contributed by atoms with Crippen LogP contribution in [0.5, 0.6) is 0 Å². The minimum Gasteiger partial charge on any atom is -0.478 e. The number of benzene rings is 2. The van der Waals surface area contributed by atoms with Crippen molar-refractivity contribution in [3.8, 4) is 0 Å². The van der Waals surface area contributed by atoms with Crippen molar-refractivity contribution in [1.82, 2.24) is 0 Å². The fraction of sp³-hybridized carbons (Fsp3) is 0.0625. The van der Waals surface area contributed by atoms with Crippen molar-refractivity contribution in [2.45, 2.75) is 6.54 Å². The Morgan fingerprint density at radius 1 is 1.11 bits per heavy atom. The molecule has 2 rings (SSSR count). The molecule has 2 aromatic rings. The molecule has 0 aliphatic carbocycles. The predicted octanol–water partition coefficient (Wildman–Crippen LogP) is 3.40. The number of rotatable bonds is 5. The van der Waals surface area contributed by atoms with Gasteiger partial charge < -0.3 is 10.4 Å². The third-order valence-electron chi connectivity index (χ3n) is 2.64. The van der Waals surface area contributed by atoms with Crippen molar-refractivity contribution in [2.24, 2.45) is 0 Å². The lowest BCUT2D eigenvalue weighted by molar-refractivity contribution is -0.131. The second-order valence-corrected chi connectivity index (χ2v) is 4.14. The lowest BCUT2D eigenvalue weighted by Crippen LogP contribution is -1.98. The Kier molecular flexibility index (Phi) is 4.34. The van der Waals surface area contributed by atoms with Crippen LogP contribution in [-0.4, -0.2) is 11.1 Å². The summed E-state index contributed by atoms with van der Waals surface area (Å²) in [5, 5.41) is 11.9. The Hall–Kier alpha value is -2.55. The molecule has 2 aromatic carbocycles. The first-order valence-corrected chi connectivity index (χ1v) is 6.03. The van der Waals surface area contributed by atoms with Crippen LogP contribution in [0.2, 0.25) is 0 Å². The van der Waals surface area contributed by atoms with Crippen LogP contribution in [0.3, 0.4) is 0 Å². The summed E-state index contributed by atoms with van der Waals surface area (Å²) in [6.07, 6.45) is 2.71. The van der Waals surface area contributed by atoms with Gasteiger partial charge in [0.2, 0.25) is 0 Å². The summed E-state index contributed by atoms with van der Waals surface area (Å²) in [7, 11) is 0. The fourth-order valence-electron chi connectivity index (χ4n) is 1.72. The number of hydrogen-bond donors (Lipinski definition) is 2. The average Bonchev–Trinajstić information content (AvgIpc) is 2.44. The monoisotopic (exact) mass is 253 g/mol. The highest BCUT2D eigenvalue weighted by molar-refractivity contribution is 5.85. The molecule has 0 saturated heterocycles. The minimum atomic E-state index is -0.942. The van der Waals surface area contributed by atoms with Crippen molar-refractivity contribution in [1.29, 1.82) is 0 Å². The number of hydrogen-bond acceptors (Lipinski definition) is 2. The van der Waals surface area contributed by atoms with E-state index in [1.165, 1.54) is 5.56 Å². The van der Waals surface area contributed by atoms with Crippen molar-refractivity contribution < 1.29 is 9.90 Å². The highest BCUT2D eigenvalue weighted by Gasteiger charge is 1.95. The summed E-state index contributed by atoms with van der Waals surface area (Å²) in [6.45, 7) is 0.743. The molecule has 0 aliphatic heterocycles. The number of aliphatic carboxylic acids is 1. The maximum Gasteiger partial charge on any atom is 0.328 e. The van der Waals surface area contributed by atoms with Gasteiger partial charge in [-0.15, -0.1) is 0 Å². The van der Waals surface area contributed by atoms with E-state index in [4.69, 9.17) is 5.11 Å². The molecule has 0 heterocycles. The van der Waals surface area contributed by atoms with E-state index in [0.717, 1.165) is 23.9 Å². The number of carboxylic acids is 1. The zero-order chi connectivity index (χ0) is 13.5. The van der Waals surface area contributed by atoms with Gasteiger partial charge in [0.05, 0.1) is 0 Å². The first kappa shape index (κ1) is 12.9. The zero-order valence-electron chi connectivity index (χ0n) is 10.4. The van der Waals surface area contributed by atoms with E-state index in [-0.39, 0.29) is 0 Å². The maximum absolute atomic E-state index is 10.5. The summed E-state index contributed by atoms with van der Waals surface area (Å²) < 4.78 is 0. The van der Waals surface area contributed by atoms with E-state index in [2.05, 4.69) is 17.4 Å². The molecule has 0 radical (unpaired) electrons. The Morgan fingerprint density at radius 3 is 2.63 bits per heavy atom. The lowest BCUT2D eigenvalue weighted by atomic mass is 10.1. The van der Waals surface area contributed by atoms with Crippen LogP contribution in [0, 0.1) is 0 Å². The van der Waals surface area contributed by atoms with E-state index in [1.54, 1.807) is 6.08 Å². The quantitative estimate of drug-likeness (QED) is 0.803. The Morgan fingerprint density at radius 2 is 1.89 bits per heavy atom. The van der Waals surface area contributed by atoms with Gasteiger partial charge in [0.1, 0.15) is 0 Å². The van der Waals surface area contributed by atoms with Gasteiger partial charge >= 0.3 is 5.97 Å². The van der Waals surface area contributed by atoms with E-state index >= 15 is 0 Å². The smallest absolute Gasteiger partial charge is 0.328 e. The topological polar surface area (TPSA) is 49.3 Å². The Labute approximate surface area is 112 Å². The first-order valence-electron chi connectivity index (χ1n) is 6.03. The molecule has 0 aromatic heterocycles. The summed E-state index contributed by atoms with van der Waals surface area (Å²) in [5.74, 6) is -0.942. The average molecular weight is 253 g/mol. The SMILES string of the molecule is O=C(O)/C=C/c1cccc(NCc2ccccc2)c1. The number of nitrogens with one attached hydrogen (secondary N) is 1. The molecule has 0 atom stereocenters. The molecular formula is C16H15NO2. The molecule has 0 fully saturated rings. The number of carboxylic acid groups (broad SMARTS) is 1. The molecule has 0 spiro atoms. The van der Waals surface area contributed by atoms with Gasteiger partial charge in [-0.1, -0.05) is 42.5 Å². The molecule has 0 amide bonds. The summed E-state index contributed by atoms with van der Waals surface area (Å²) in [6, 6.07) is 17.8. The summed E-state index contributed by atoms with van der Waals surface area (Å²) in [5.41, 5.74) is 3.03. The second-order valence-electron chi connectivity index (χ2n) is 4.14. The van der Waals surface area contributed by atoms with Crippen LogP contribution in [0.4, 0.5) is 5.69 Å². The molecule has 0 unspecified atom stereocenters. The van der Waals surface area contributed by atoms with Crippen LogP contribution in [0.25, 0.3) is 6.08 Å². The molecule has 0 aliphatic rings. The third-order valence-corrected chi connectivity index (χ3v) is 2.64.